The number of amides is 1. The van der Waals surface area contributed by atoms with E-state index in [-0.39, 0.29) is 10.8 Å². The zero-order chi connectivity index (χ0) is 11.6. The molecule has 0 bridgehead atoms. The summed E-state index contributed by atoms with van der Waals surface area (Å²) in [6.07, 6.45) is 1.23. The number of hydrogen-bond donors (Lipinski definition) is 2. The number of hydrogen-bond acceptors (Lipinski definition) is 4. The molecule has 0 saturated carbocycles. The molecule has 1 aromatic heterocycles. The average molecular weight is 228 g/mol. The second-order valence-corrected chi connectivity index (χ2v) is 5.07. The van der Waals surface area contributed by atoms with Crippen LogP contribution in [-0.2, 0) is 4.79 Å². The van der Waals surface area contributed by atoms with Crippen molar-refractivity contribution in [2.75, 3.05) is 5.32 Å². The van der Waals surface area contributed by atoms with Gasteiger partial charge in [-0.2, -0.15) is 0 Å². The number of anilines is 1. The normalized spacial score (nSPS) is 11.1. The SMILES string of the molecule is CC(C)(C)C(=O)Nc1ncc(C(=O)O)s1. The van der Waals surface area contributed by atoms with Crippen molar-refractivity contribution in [3.05, 3.63) is 11.1 Å². The minimum absolute atomic E-state index is 0.110. The molecule has 0 aliphatic rings. The van der Waals surface area contributed by atoms with E-state index in [0.717, 1.165) is 11.3 Å². The van der Waals surface area contributed by atoms with Gasteiger partial charge >= 0.3 is 5.97 Å². The fourth-order valence-corrected chi connectivity index (χ4v) is 1.37. The molecule has 1 amide bonds. The van der Waals surface area contributed by atoms with Gasteiger partial charge in [-0.25, -0.2) is 9.78 Å². The van der Waals surface area contributed by atoms with Crippen LogP contribution >= 0.6 is 11.3 Å². The molecular weight excluding hydrogens is 216 g/mol. The summed E-state index contributed by atoms with van der Waals surface area (Å²) >= 11 is 0.943. The van der Waals surface area contributed by atoms with Gasteiger partial charge < -0.3 is 10.4 Å². The Hall–Kier alpha value is -1.43. The number of nitrogens with zero attached hydrogens (tertiary/aromatic N) is 1. The molecule has 1 aromatic rings. The minimum atomic E-state index is -1.04. The minimum Gasteiger partial charge on any atom is -0.477 e. The second-order valence-electron chi connectivity index (χ2n) is 4.04. The van der Waals surface area contributed by atoms with Crippen LogP contribution in [0.1, 0.15) is 30.4 Å². The molecule has 2 N–H and O–H groups in total. The highest BCUT2D eigenvalue weighted by Crippen LogP contribution is 2.21. The molecule has 1 rings (SSSR count). The van der Waals surface area contributed by atoms with Crippen LogP contribution in [0.4, 0.5) is 5.13 Å². The van der Waals surface area contributed by atoms with Crippen molar-refractivity contribution in [3.8, 4) is 0 Å². The van der Waals surface area contributed by atoms with Crippen LogP contribution in [0.15, 0.2) is 6.20 Å². The third kappa shape index (κ3) is 3.02. The van der Waals surface area contributed by atoms with Gasteiger partial charge in [-0.05, 0) is 0 Å². The molecule has 1 heterocycles. The molecule has 15 heavy (non-hydrogen) atoms. The summed E-state index contributed by atoms with van der Waals surface area (Å²) in [5, 5.41) is 11.5. The molecule has 0 unspecified atom stereocenters. The Labute approximate surface area is 91.1 Å². The maximum atomic E-state index is 11.5. The Morgan fingerprint density at radius 2 is 2.07 bits per heavy atom. The Morgan fingerprint density at radius 1 is 1.47 bits per heavy atom. The average Bonchev–Trinajstić information content (AvgIpc) is 2.50. The van der Waals surface area contributed by atoms with E-state index in [4.69, 9.17) is 5.11 Å². The maximum Gasteiger partial charge on any atom is 0.347 e. The zero-order valence-electron chi connectivity index (χ0n) is 8.70. The standard InChI is InChI=1S/C9H12N2O3S/c1-9(2,3)7(14)11-8-10-4-5(15-8)6(12)13/h4H,1-3H3,(H,12,13)(H,10,11,14). The van der Waals surface area contributed by atoms with E-state index in [2.05, 4.69) is 10.3 Å². The van der Waals surface area contributed by atoms with E-state index in [9.17, 15) is 9.59 Å². The van der Waals surface area contributed by atoms with Crippen LogP contribution < -0.4 is 5.32 Å². The maximum absolute atomic E-state index is 11.5. The molecular formula is C9H12N2O3S. The van der Waals surface area contributed by atoms with Gasteiger partial charge in [0.05, 0.1) is 6.20 Å². The summed E-state index contributed by atoms with van der Waals surface area (Å²) in [5.74, 6) is -1.22. The lowest BCUT2D eigenvalue weighted by atomic mass is 9.96. The van der Waals surface area contributed by atoms with Crippen LogP contribution in [0.25, 0.3) is 0 Å². The quantitative estimate of drug-likeness (QED) is 0.809. The van der Waals surface area contributed by atoms with Crippen molar-refractivity contribution >= 4 is 28.3 Å². The molecule has 0 aliphatic carbocycles. The molecule has 6 heteroatoms. The van der Waals surface area contributed by atoms with Crippen LogP contribution in [0.5, 0.6) is 0 Å². The lowest BCUT2D eigenvalue weighted by Gasteiger charge is -2.15. The monoisotopic (exact) mass is 228 g/mol. The first kappa shape index (κ1) is 11.6. The predicted molar refractivity (Wildman–Crippen MR) is 57.2 cm³/mol. The number of carbonyl (C=O) groups is 2. The molecule has 0 atom stereocenters. The van der Waals surface area contributed by atoms with E-state index in [1.807, 2.05) is 0 Å². The number of aromatic carboxylic acids is 1. The van der Waals surface area contributed by atoms with E-state index in [0.29, 0.717) is 5.13 Å². The lowest BCUT2D eigenvalue weighted by molar-refractivity contribution is -0.123. The number of thiazole rings is 1. The van der Waals surface area contributed by atoms with Gasteiger partial charge in [-0.3, -0.25) is 4.79 Å². The van der Waals surface area contributed by atoms with Crippen molar-refractivity contribution in [1.29, 1.82) is 0 Å². The molecule has 0 saturated heterocycles. The molecule has 0 aromatic carbocycles. The fraction of sp³-hybridized carbons (Fsp3) is 0.444. The van der Waals surface area contributed by atoms with E-state index < -0.39 is 11.4 Å². The van der Waals surface area contributed by atoms with Gasteiger partial charge in [-0.15, -0.1) is 0 Å². The van der Waals surface area contributed by atoms with Gasteiger partial charge in [0.15, 0.2) is 5.13 Å². The third-order valence-electron chi connectivity index (χ3n) is 1.62. The van der Waals surface area contributed by atoms with Crippen LogP contribution in [0.2, 0.25) is 0 Å². The highest BCUT2D eigenvalue weighted by molar-refractivity contribution is 7.17. The van der Waals surface area contributed by atoms with Crippen molar-refractivity contribution in [2.24, 2.45) is 5.41 Å². The van der Waals surface area contributed by atoms with Crippen molar-refractivity contribution in [2.45, 2.75) is 20.8 Å². The first-order valence-corrected chi connectivity index (χ1v) is 5.13. The molecule has 0 spiro atoms. The molecule has 82 valence electrons. The lowest BCUT2D eigenvalue weighted by Crippen LogP contribution is -2.27. The summed E-state index contributed by atoms with van der Waals surface area (Å²) in [7, 11) is 0. The van der Waals surface area contributed by atoms with Crippen LogP contribution in [0.3, 0.4) is 0 Å². The second kappa shape index (κ2) is 3.98. The van der Waals surface area contributed by atoms with Gasteiger partial charge in [0.1, 0.15) is 4.88 Å². The van der Waals surface area contributed by atoms with Crippen molar-refractivity contribution in [1.82, 2.24) is 4.98 Å². The largest absolute Gasteiger partial charge is 0.477 e. The number of aromatic nitrogens is 1. The smallest absolute Gasteiger partial charge is 0.347 e. The highest BCUT2D eigenvalue weighted by Gasteiger charge is 2.22. The molecule has 5 nitrogen and oxygen atoms in total. The van der Waals surface area contributed by atoms with Gasteiger partial charge in [0.2, 0.25) is 5.91 Å². The Morgan fingerprint density at radius 3 is 2.47 bits per heavy atom. The Bertz CT molecular complexity index is 392. The van der Waals surface area contributed by atoms with E-state index in [1.165, 1.54) is 6.20 Å². The summed E-state index contributed by atoms with van der Waals surface area (Å²) in [6.45, 7) is 5.32. The summed E-state index contributed by atoms with van der Waals surface area (Å²) in [5.41, 5.74) is -0.519. The number of carbonyl (C=O) groups excluding carboxylic acids is 1. The fourth-order valence-electron chi connectivity index (χ4n) is 0.715. The van der Waals surface area contributed by atoms with Crippen molar-refractivity contribution < 1.29 is 14.7 Å². The first-order valence-electron chi connectivity index (χ1n) is 4.31. The number of carboxylic acid groups (broad SMARTS) is 1. The summed E-state index contributed by atoms with van der Waals surface area (Å²) in [4.78, 5) is 26.0. The molecule has 0 radical (unpaired) electrons. The van der Waals surface area contributed by atoms with E-state index in [1.54, 1.807) is 20.8 Å². The Kier molecular flexibility index (Phi) is 3.09. The number of carboxylic acids is 1. The first-order chi connectivity index (χ1) is 6.80. The van der Waals surface area contributed by atoms with Crippen molar-refractivity contribution in [3.63, 3.8) is 0 Å². The third-order valence-corrected chi connectivity index (χ3v) is 2.52. The number of nitrogens with one attached hydrogen (secondary N) is 1. The number of rotatable bonds is 2. The molecule has 0 aliphatic heterocycles. The Balaban J connectivity index is 2.74. The van der Waals surface area contributed by atoms with Gasteiger partial charge in [-0.1, -0.05) is 32.1 Å². The summed E-state index contributed by atoms with van der Waals surface area (Å²) in [6, 6.07) is 0. The molecule has 0 fully saturated rings. The topological polar surface area (TPSA) is 79.3 Å². The predicted octanol–water partition coefficient (Wildman–Crippen LogP) is 1.83. The van der Waals surface area contributed by atoms with Gasteiger partial charge in [0.25, 0.3) is 0 Å². The van der Waals surface area contributed by atoms with Gasteiger partial charge in [0, 0.05) is 5.41 Å². The van der Waals surface area contributed by atoms with Crippen LogP contribution in [0, 0.1) is 5.41 Å². The highest BCUT2D eigenvalue weighted by atomic mass is 32.1. The zero-order valence-corrected chi connectivity index (χ0v) is 9.51. The van der Waals surface area contributed by atoms with E-state index >= 15 is 0 Å². The summed E-state index contributed by atoms with van der Waals surface area (Å²) < 4.78 is 0. The van der Waals surface area contributed by atoms with Crippen LogP contribution in [-0.4, -0.2) is 22.0 Å².